The van der Waals surface area contributed by atoms with E-state index in [1.54, 1.807) is 6.07 Å². The van der Waals surface area contributed by atoms with Crippen molar-refractivity contribution in [3.8, 4) is 5.75 Å². The van der Waals surface area contributed by atoms with E-state index < -0.39 is 0 Å². The molecule has 0 bridgehead atoms. The van der Waals surface area contributed by atoms with Gasteiger partial charge in [0.05, 0.1) is 0 Å². The van der Waals surface area contributed by atoms with Crippen molar-refractivity contribution in [2.75, 3.05) is 13.1 Å². The molecule has 0 amide bonds. The Morgan fingerprint density at radius 3 is 1.55 bits per heavy atom. The van der Waals surface area contributed by atoms with Crippen LogP contribution in [0.4, 0.5) is 0 Å². The van der Waals surface area contributed by atoms with Crippen molar-refractivity contribution < 1.29 is 7.96 Å². The minimum atomic E-state index is 0. The fourth-order valence-corrected chi connectivity index (χ4v) is 5.81. The van der Waals surface area contributed by atoms with Crippen LogP contribution < -0.4 is 0 Å². The number of nitrogens with zero attached hydrogens (tertiary/aromatic N) is 2. The number of aryl methyl sites for hydroxylation is 1. The molecule has 0 fully saturated rings. The molecule has 4 aromatic rings. The first-order chi connectivity index (χ1) is 18.0. The van der Waals surface area contributed by atoms with Gasteiger partial charge in [0.25, 0.3) is 0 Å². The largest absolute Gasteiger partial charge is 0.507 e. The summed E-state index contributed by atoms with van der Waals surface area (Å²) in [6.45, 7) is 22.4. The quantitative estimate of drug-likeness (QED) is 0.197. The summed E-state index contributed by atoms with van der Waals surface area (Å²) >= 11 is 0. The fourth-order valence-electron chi connectivity index (χ4n) is 5.81. The number of aromatic hydroxyl groups is 1. The van der Waals surface area contributed by atoms with Gasteiger partial charge >= 0.3 is 0 Å². The first-order valence-electron chi connectivity index (χ1n) is 14.4. The van der Waals surface area contributed by atoms with Gasteiger partial charge in [0, 0.05) is 74.3 Å². The molecule has 0 radical (unpaired) electrons. The van der Waals surface area contributed by atoms with Gasteiger partial charge < -0.3 is 15.1 Å². The van der Waals surface area contributed by atoms with Crippen LogP contribution in [0.2, 0.25) is 0 Å². The Balaban J connectivity index is 0.000000381. The van der Waals surface area contributed by atoms with Crippen LogP contribution in [0.5, 0.6) is 5.75 Å². The van der Waals surface area contributed by atoms with Gasteiger partial charge in [-0.15, -0.1) is 0 Å². The minimum Gasteiger partial charge on any atom is -0.507 e. The summed E-state index contributed by atoms with van der Waals surface area (Å²) in [5, 5.41) is 12.4. The molecule has 0 aliphatic carbocycles. The van der Waals surface area contributed by atoms with Crippen molar-refractivity contribution in [2.24, 2.45) is 0 Å². The maximum absolute atomic E-state index is 9.99. The lowest BCUT2D eigenvalue weighted by Crippen LogP contribution is -2.38. The summed E-state index contributed by atoms with van der Waals surface area (Å²) in [6.07, 6.45) is 6.26. The van der Waals surface area contributed by atoms with Crippen molar-refractivity contribution in [1.29, 1.82) is 0 Å². The summed E-state index contributed by atoms with van der Waals surface area (Å²) in [5.74, 6) is 0.370. The van der Waals surface area contributed by atoms with Crippen LogP contribution in [0.1, 0.15) is 74.9 Å². The summed E-state index contributed by atoms with van der Waals surface area (Å²) in [6, 6.07) is 14.4. The first-order valence-corrected chi connectivity index (χ1v) is 14.4. The number of H-pyrrole nitrogens is 2. The Labute approximate surface area is 233 Å². The predicted molar refractivity (Wildman–Crippen MR) is 169 cm³/mol. The van der Waals surface area contributed by atoms with E-state index in [1.807, 2.05) is 18.3 Å². The van der Waals surface area contributed by atoms with Crippen LogP contribution >= 0.6 is 0 Å². The van der Waals surface area contributed by atoms with Gasteiger partial charge in [-0.25, -0.2) is 0 Å². The number of nitrogens with one attached hydrogen (secondary N) is 2. The molecule has 3 N–H and O–H groups in total. The third-order valence-corrected chi connectivity index (χ3v) is 7.69. The van der Waals surface area contributed by atoms with E-state index in [0.29, 0.717) is 29.9 Å². The Hall–Kier alpha value is -2.76. The number of benzene rings is 2. The maximum atomic E-state index is 9.99. The molecular formula is C33H54N4O. The van der Waals surface area contributed by atoms with Crippen molar-refractivity contribution in [1.82, 2.24) is 19.8 Å². The monoisotopic (exact) mass is 522 g/mol. The normalized spacial score (nSPS) is 12.2. The molecule has 0 atom stereocenters. The second-order valence-corrected chi connectivity index (χ2v) is 11.7. The number of aromatic nitrogens is 2. The van der Waals surface area contributed by atoms with Crippen molar-refractivity contribution in [3.63, 3.8) is 0 Å². The molecule has 5 heteroatoms. The lowest BCUT2D eigenvalue weighted by Gasteiger charge is -2.30. The molecule has 5 nitrogen and oxygen atoms in total. The molecule has 0 spiro atoms. The fraction of sp³-hybridized carbons (Fsp3) is 0.515. The average Bonchev–Trinajstić information content (AvgIpc) is 3.45. The molecule has 212 valence electrons. The van der Waals surface area contributed by atoms with E-state index in [0.717, 1.165) is 36.8 Å². The first kappa shape index (κ1) is 29.8. The van der Waals surface area contributed by atoms with Gasteiger partial charge in [-0.2, -0.15) is 0 Å². The molecule has 38 heavy (non-hydrogen) atoms. The van der Waals surface area contributed by atoms with E-state index in [4.69, 9.17) is 0 Å². The molecule has 0 aliphatic rings. The molecular weight excluding hydrogens is 468 g/mol. The number of phenolic OH excluding ortho intramolecular Hbond substituents is 1. The van der Waals surface area contributed by atoms with Crippen LogP contribution in [0, 0.1) is 6.92 Å². The molecule has 4 rings (SSSR count). The van der Waals surface area contributed by atoms with Crippen molar-refractivity contribution >= 4 is 21.8 Å². The Morgan fingerprint density at radius 1 is 0.658 bits per heavy atom. The Morgan fingerprint density at radius 2 is 1.08 bits per heavy atom. The van der Waals surface area contributed by atoms with Gasteiger partial charge in [-0.3, -0.25) is 9.80 Å². The predicted octanol–water partition coefficient (Wildman–Crippen LogP) is 8.16. The highest BCUT2D eigenvalue weighted by Crippen LogP contribution is 2.28. The molecule has 0 aliphatic heterocycles. The molecule has 2 aromatic heterocycles. The van der Waals surface area contributed by atoms with Crippen molar-refractivity contribution in [3.05, 3.63) is 65.5 Å². The van der Waals surface area contributed by atoms with E-state index in [1.165, 1.54) is 27.6 Å². The minimum absolute atomic E-state index is 0. The molecule has 2 aromatic carbocycles. The zero-order valence-corrected chi connectivity index (χ0v) is 25.1. The lowest BCUT2D eigenvalue weighted by molar-refractivity contribution is 0.177. The number of aromatic amines is 2. The average molecular weight is 523 g/mol. The van der Waals surface area contributed by atoms with Gasteiger partial charge in [0.2, 0.25) is 0 Å². The lowest BCUT2D eigenvalue weighted by atomic mass is 10.0. The van der Waals surface area contributed by atoms with Gasteiger partial charge in [-0.1, -0.05) is 18.2 Å². The Bertz CT molecular complexity index is 1180. The highest BCUT2D eigenvalue weighted by Gasteiger charge is 2.16. The van der Waals surface area contributed by atoms with Gasteiger partial charge in [0.1, 0.15) is 5.75 Å². The number of hydrogen-bond acceptors (Lipinski definition) is 3. The number of rotatable bonds is 10. The zero-order valence-electron chi connectivity index (χ0n) is 25.1. The Kier molecular flexibility index (Phi) is 10.5. The second kappa shape index (κ2) is 13.3. The van der Waals surface area contributed by atoms with Gasteiger partial charge in [0.15, 0.2) is 0 Å². The third-order valence-electron chi connectivity index (χ3n) is 7.69. The SMILES string of the molecule is CC(C)N(CCc1c[nH]c2cccc(O)c12)C(C)C.Cc1cccc2[nH]cc(CCN(C(C)C)C(C)C)c12.[HH].[HH]. The standard InChI is InChI=1S/C17H26N2.C16H24N2O.2H2/c1-12(2)19(13(3)4)10-9-15-11-18-16-8-6-7-14(5)17(15)16;1-11(2)18(12(3)4)9-8-13-10-17-14-6-5-7-15(19)16(13)14;;/h6-8,11-13,18H,9-10H2,1-5H3;5-7,10-12,17,19H,8-9H2,1-4H3;2*1H. The molecule has 2 heterocycles. The molecule has 0 saturated carbocycles. The topological polar surface area (TPSA) is 58.3 Å². The maximum Gasteiger partial charge on any atom is 0.125 e. The third kappa shape index (κ3) is 7.21. The smallest absolute Gasteiger partial charge is 0.125 e. The van der Waals surface area contributed by atoms with Crippen LogP contribution in [-0.4, -0.2) is 62.1 Å². The summed E-state index contributed by atoms with van der Waals surface area (Å²) in [7, 11) is 0. The van der Waals surface area contributed by atoms with E-state index in [2.05, 4.69) is 106 Å². The number of phenols is 1. The highest BCUT2D eigenvalue weighted by molar-refractivity contribution is 5.89. The zero-order chi connectivity index (χ0) is 28.0. The van der Waals surface area contributed by atoms with Crippen LogP contribution in [0.25, 0.3) is 21.8 Å². The number of fused-ring (bicyclic) bond motifs is 2. The van der Waals surface area contributed by atoms with Crippen molar-refractivity contribution in [2.45, 2.75) is 99.3 Å². The summed E-state index contributed by atoms with van der Waals surface area (Å²) < 4.78 is 0. The highest BCUT2D eigenvalue weighted by atomic mass is 16.3. The second-order valence-electron chi connectivity index (χ2n) is 11.7. The van der Waals surface area contributed by atoms with Gasteiger partial charge in [-0.05, 0) is 110 Å². The molecule has 0 saturated heterocycles. The van der Waals surface area contributed by atoms with E-state index in [-0.39, 0.29) is 2.85 Å². The number of hydrogen-bond donors (Lipinski definition) is 3. The molecule has 0 unspecified atom stereocenters. The summed E-state index contributed by atoms with van der Waals surface area (Å²) in [5.41, 5.74) is 6.28. The van der Waals surface area contributed by atoms with E-state index >= 15 is 0 Å². The van der Waals surface area contributed by atoms with Crippen LogP contribution in [0.15, 0.2) is 48.8 Å². The van der Waals surface area contributed by atoms with Crippen LogP contribution in [0.3, 0.4) is 0 Å². The van der Waals surface area contributed by atoms with E-state index in [9.17, 15) is 5.11 Å². The van der Waals surface area contributed by atoms with Crippen LogP contribution in [-0.2, 0) is 12.8 Å². The summed E-state index contributed by atoms with van der Waals surface area (Å²) in [4.78, 5) is 11.6.